The number of carbonyl (C=O) groups excluding carboxylic acids is 2. The lowest BCUT2D eigenvalue weighted by molar-refractivity contribution is -0.131. The molecule has 3 heterocycles. The maximum atomic E-state index is 12.3. The Morgan fingerprint density at radius 1 is 1.36 bits per heavy atom. The van der Waals surface area contributed by atoms with Crippen molar-refractivity contribution in [3.8, 4) is 11.6 Å². The molecule has 0 radical (unpaired) electrons. The Hall–Kier alpha value is -2.35. The van der Waals surface area contributed by atoms with E-state index in [2.05, 4.69) is 9.97 Å². The second-order valence-electron chi connectivity index (χ2n) is 5.53. The highest BCUT2D eigenvalue weighted by Gasteiger charge is 2.24. The van der Waals surface area contributed by atoms with E-state index in [0.29, 0.717) is 27.9 Å². The summed E-state index contributed by atoms with van der Waals surface area (Å²) >= 11 is 1.23. The molecule has 2 aromatic heterocycles. The molecule has 8 heteroatoms. The van der Waals surface area contributed by atoms with Gasteiger partial charge in [-0.2, -0.15) is 0 Å². The van der Waals surface area contributed by atoms with E-state index < -0.39 is 5.97 Å². The first-order valence-corrected chi connectivity index (χ1v) is 9.09. The van der Waals surface area contributed by atoms with Crippen LogP contribution >= 0.6 is 11.8 Å². The Kier molecular flexibility index (Phi) is 5.37. The maximum Gasteiger partial charge on any atom is 0.342 e. The molecule has 0 aromatic carbocycles. The van der Waals surface area contributed by atoms with Crippen molar-refractivity contribution in [3.63, 3.8) is 0 Å². The van der Waals surface area contributed by atoms with Gasteiger partial charge in [0.2, 0.25) is 5.91 Å². The minimum absolute atomic E-state index is 0.0434. The van der Waals surface area contributed by atoms with E-state index in [1.807, 2.05) is 0 Å². The molecule has 0 unspecified atom stereocenters. The molecule has 0 atom stereocenters. The van der Waals surface area contributed by atoms with Crippen molar-refractivity contribution >= 4 is 23.6 Å². The van der Waals surface area contributed by atoms with Crippen LogP contribution in [0.5, 0.6) is 0 Å². The number of nitrogens with zero attached hydrogens (tertiary/aromatic N) is 3. The molecule has 25 heavy (non-hydrogen) atoms. The third-order valence-electron chi connectivity index (χ3n) is 3.82. The highest BCUT2D eigenvalue weighted by molar-refractivity contribution is 8.00. The molecular formula is C17H19N3O4S. The van der Waals surface area contributed by atoms with Gasteiger partial charge in [-0.15, -0.1) is 0 Å². The van der Waals surface area contributed by atoms with Crippen LogP contribution in [-0.2, 0) is 9.53 Å². The van der Waals surface area contributed by atoms with E-state index in [4.69, 9.17) is 9.15 Å². The zero-order chi connectivity index (χ0) is 17.8. The Morgan fingerprint density at radius 3 is 2.76 bits per heavy atom. The summed E-state index contributed by atoms with van der Waals surface area (Å²) in [5.74, 6) is 0.677. The zero-order valence-electron chi connectivity index (χ0n) is 14.2. The van der Waals surface area contributed by atoms with E-state index in [-0.39, 0.29) is 18.3 Å². The molecule has 0 bridgehead atoms. The molecule has 132 valence electrons. The number of ether oxygens (including phenoxy) is 1. The average molecular weight is 361 g/mol. The molecule has 1 saturated heterocycles. The van der Waals surface area contributed by atoms with Gasteiger partial charge in [0.05, 0.1) is 24.3 Å². The smallest absolute Gasteiger partial charge is 0.342 e. The molecule has 1 aliphatic rings. The molecule has 1 fully saturated rings. The summed E-state index contributed by atoms with van der Waals surface area (Å²) in [6, 6.07) is 3.49. The predicted octanol–water partition coefficient (Wildman–Crippen LogP) is 2.55. The quantitative estimate of drug-likeness (QED) is 0.444. The number of aryl methyl sites for hydroxylation is 1. The summed E-state index contributed by atoms with van der Waals surface area (Å²) in [6.07, 6.45) is 2.58. The normalized spacial score (nSPS) is 13.4. The van der Waals surface area contributed by atoms with E-state index in [1.54, 1.807) is 30.9 Å². The van der Waals surface area contributed by atoms with Gasteiger partial charge in [-0.25, -0.2) is 14.8 Å². The van der Waals surface area contributed by atoms with Crippen LogP contribution in [-0.4, -0.2) is 52.2 Å². The fourth-order valence-electron chi connectivity index (χ4n) is 2.39. The Balaban J connectivity index is 1.90. The second-order valence-corrected chi connectivity index (χ2v) is 6.50. The standard InChI is InChI=1S/C17H19N3O4S/c1-3-23-17(22)14-11(2)18-15(12-6-4-9-24-12)19-16(14)25-10-13(21)20-7-5-8-20/h4,6,9H,3,5,7-8,10H2,1-2H3. The van der Waals surface area contributed by atoms with Gasteiger partial charge in [0, 0.05) is 13.1 Å². The second kappa shape index (κ2) is 7.69. The number of rotatable bonds is 6. The van der Waals surface area contributed by atoms with Gasteiger partial charge in [0.1, 0.15) is 10.6 Å². The molecule has 7 nitrogen and oxygen atoms in total. The van der Waals surface area contributed by atoms with Crippen molar-refractivity contribution in [1.29, 1.82) is 0 Å². The molecule has 1 amide bonds. The molecule has 2 aromatic rings. The lowest BCUT2D eigenvalue weighted by Crippen LogP contribution is -2.43. The minimum Gasteiger partial charge on any atom is -0.462 e. The number of amides is 1. The third kappa shape index (κ3) is 3.84. The highest BCUT2D eigenvalue weighted by Crippen LogP contribution is 2.28. The summed E-state index contributed by atoms with van der Waals surface area (Å²) in [5.41, 5.74) is 0.803. The van der Waals surface area contributed by atoms with Crippen LogP contribution in [0, 0.1) is 6.92 Å². The molecule has 0 N–H and O–H groups in total. The largest absolute Gasteiger partial charge is 0.462 e. The SMILES string of the molecule is CCOC(=O)c1c(C)nc(-c2ccco2)nc1SCC(=O)N1CCC1. The van der Waals surface area contributed by atoms with Crippen LogP contribution in [0.2, 0.25) is 0 Å². The van der Waals surface area contributed by atoms with E-state index in [1.165, 1.54) is 18.0 Å². The van der Waals surface area contributed by atoms with Crippen LogP contribution in [0.25, 0.3) is 11.6 Å². The summed E-state index contributed by atoms with van der Waals surface area (Å²) in [4.78, 5) is 35.0. The van der Waals surface area contributed by atoms with Gasteiger partial charge in [-0.1, -0.05) is 11.8 Å². The number of thioether (sulfide) groups is 1. The van der Waals surface area contributed by atoms with Gasteiger partial charge in [0.25, 0.3) is 0 Å². The monoisotopic (exact) mass is 361 g/mol. The molecule has 3 rings (SSSR count). The Bertz CT molecular complexity index is 772. The summed E-state index contributed by atoms with van der Waals surface area (Å²) in [6.45, 7) is 5.32. The molecule has 0 aliphatic carbocycles. The van der Waals surface area contributed by atoms with Crippen LogP contribution < -0.4 is 0 Å². The van der Waals surface area contributed by atoms with Gasteiger partial charge >= 0.3 is 5.97 Å². The molecular weight excluding hydrogens is 342 g/mol. The number of aromatic nitrogens is 2. The van der Waals surface area contributed by atoms with Crippen molar-refractivity contribution in [2.45, 2.75) is 25.3 Å². The van der Waals surface area contributed by atoms with Crippen LogP contribution in [0.3, 0.4) is 0 Å². The Labute approximate surface area is 149 Å². The van der Waals surface area contributed by atoms with Crippen molar-refractivity contribution in [2.24, 2.45) is 0 Å². The first kappa shape index (κ1) is 17.5. The molecule has 1 aliphatic heterocycles. The fourth-order valence-corrected chi connectivity index (χ4v) is 3.36. The van der Waals surface area contributed by atoms with Gasteiger partial charge in [-0.05, 0) is 32.4 Å². The van der Waals surface area contributed by atoms with Crippen molar-refractivity contribution < 1.29 is 18.7 Å². The highest BCUT2D eigenvalue weighted by atomic mass is 32.2. The van der Waals surface area contributed by atoms with Gasteiger partial charge < -0.3 is 14.1 Å². The van der Waals surface area contributed by atoms with Gasteiger partial charge in [-0.3, -0.25) is 4.79 Å². The number of hydrogen-bond donors (Lipinski definition) is 0. The molecule has 0 saturated carbocycles. The lowest BCUT2D eigenvalue weighted by Gasteiger charge is -2.30. The zero-order valence-corrected chi connectivity index (χ0v) is 15.0. The molecule has 0 spiro atoms. The Morgan fingerprint density at radius 2 is 2.16 bits per heavy atom. The summed E-state index contributed by atoms with van der Waals surface area (Å²) in [5, 5.41) is 0.436. The van der Waals surface area contributed by atoms with Crippen LogP contribution in [0.1, 0.15) is 29.4 Å². The van der Waals surface area contributed by atoms with Crippen molar-refractivity contribution in [2.75, 3.05) is 25.4 Å². The summed E-state index contributed by atoms with van der Waals surface area (Å²) < 4.78 is 10.5. The maximum absolute atomic E-state index is 12.3. The summed E-state index contributed by atoms with van der Waals surface area (Å²) in [7, 11) is 0. The van der Waals surface area contributed by atoms with Crippen molar-refractivity contribution in [3.05, 3.63) is 29.7 Å². The number of esters is 1. The average Bonchev–Trinajstić information content (AvgIpc) is 3.05. The van der Waals surface area contributed by atoms with E-state index >= 15 is 0 Å². The van der Waals surface area contributed by atoms with E-state index in [0.717, 1.165) is 19.5 Å². The minimum atomic E-state index is -0.482. The number of furan rings is 1. The van der Waals surface area contributed by atoms with Crippen molar-refractivity contribution in [1.82, 2.24) is 14.9 Å². The van der Waals surface area contributed by atoms with Crippen LogP contribution in [0.4, 0.5) is 0 Å². The third-order valence-corrected chi connectivity index (χ3v) is 4.78. The van der Waals surface area contributed by atoms with Crippen LogP contribution in [0.15, 0.2) is 27.8 Å². The predicted molar refractivity (Wildman–Crippen MR) is 92.3 cm³/mol. The topological polar surface area (TPSA) is 85.5 Å². The first-order valence-electron chi connectivity index (χ1n) is 8.10. The lowest BCUT2D eigenvalue weighted by atomic mass is 10.2. The fraction of sp³-hybridized carbons (Fsp3) is 0.412. The number of carbonyl (C=O) groups is 2. The van der Waals surface area contributed by atoms with E-state index in [9.17, 15) is 9.59 Å². The number of hydrogen-bond acceptors (Lipinski definition) is 7. The number of likely N-dealkylation sites (tertiary alicyclic amines) is 1. The van der Waals surface area contributed by atoms with Gasteiger partial charge in [0.15, 0.2) is 11.6 Å². The first-order chi connectivity index (χ1) is 12.1.